The van der Waals surface area contributed by atoms with Gasteiger partial charge in [0.25, 0.3) is 0 Å². The molecule has 1 aromatic heterocycles. The second-order valence-electron chi connectivity index (χ2n) is 5.37. The van der Waals surface area contributed by atoms with E-state index < -0.39 is 0 Å². The van der Waals surface area contributed by atoms with Gasteiger partial charge in [-0.25, -0.2) is 0 Å². The van der Waals surface area contributed by atoms with E-state index in [1.54, 1.807) is 0 Å². The molecule has 1 atom stereocenters. The van der Waals surface area contributed by atoms with Gasteiger partial charge in [-0.3, -0.25) is 4.68 Å². The Morgan fingerprint density at radius 3 is 2.62 bits per heavy atom. The van der Waals surface area contributed by atoms with Crippen molar-refractivity contribution in [2.75, 3.05) is 5.88 Å². The maximum absolute atomic E-state index is 6.18. The molecule has 0 bridgehead atoms. The Bertz CT molecular complexity index is 563. The van der Waals surface area contributed by atoms with Crippen LogP contribution in [0.15, 0.2) is 41.0 Å². The van der Waals surface area contributed by atoms with Crippen LogP contribution in [0.5, 0.6) is 0 Å². The summed E-state index contributed by atoms with van der Waals surface area (Å²) in [6.45, 7) is 4.41. The van der Waals surface area contributed by atoms with Gasteiger partial charge < -0.3 is 0 Å². The van der Waals surface area contributed by atoms with Gasteiger partial charge in [-0.05, 0) is 43.0 Å². The molecule has 21 heavy (non-hydrogen) atoms. The van der Waals surface area contributed by atoms with Crippen molar-refractivity contribution in [1.82, 2.24) is 9.78 Å². The number of aromatic nitrogens is 2. The molecule has 1 heterocycles. The lowest BCUT2D eigenvalue weighted by Gasteiger charge is -2.14. The Kier molecular flexibility index (Phi) is 6.31. The van der Waals surface area contributed by atoms with Crippen LogP contribution in [-0.2, 0) is 6.42 Å². The average Bonchev–Trinajstić information content (AvgIpc) is 2.94. The van der Waals surface area contributed by atoms with E-state index in [1.165, 1.54) is 5.56 Å². The van der Waals surface area contributed by atoms with Crippen molar-refractivity contribution in [1.29, 1.82) is 0 Å². The van der Waals surface area contributed by atoms with Crippen LogP contribution in [0.2, 0.25) is 0 Å². The highest BCUT2D eigenvalue weighted by molar-refractivity contribution is 9.10. The molecule has 1 aromatic carbocycles. The molecule has 0 N–H and O–H groups in total. The van der Waals surface area contributed by atoms with E-state index in [9.17, 15) is 0 Å². The average molecular weight is 370 g/mol. The Labute approximate surface area is 140 Å². The maximum atomic E-state index is 6.18. The van der Waals surface area contributed by atoms with Crippen molar-refractivity contribution >= 4 is 27.5 Å². The van der Waals surface area contributed by atoms with E-state index in [0.717, 1.165) is 29.4 Å². The zero-order chi connectivity index (χ0) is 15.2. The van der Waals surface area contributed by atoms with E-state index in [-0.39, 0.29) is 0 Å². The summed E-state index contributed by atoms with van der Waals surface area (Å²) in [5, 5.41) is 4.73. The molecule has 2 rings (SSSR count). The van der Waals surface area contributed by atoms with Crippen LogP contribution in [0.25, 0.3) is 0 Å². The molecule has 2 nitrogen and oxygen atoms in total. The number of nitrogens with zero attached hydrogens (tertiary/aromatic N) is 2. The van der Waals surface area contributed by atoms with Crippen molar-refractivity contribution in [3.63, 3.8) is 0 Å². The van der Waals surface area contributed by atoms with Crippen LogP contribution < -0.4 is 0 Å². The molecule has 4 heteroatoms. The molecule has 2 aromatic rings. The summed E-state index contributed by atoms with van der Waals surface area (Å²) in [5.41, 5.74) is 2.38. The monoisotopic (exact) mass is 368 g/mol. The number of rotatable bonds is 7. The second kappa shape index (κ2) is 8.00. The third kappa shape index (κ3) is 4.33. The van der Waals surface area contributed by atoms with Crippen molar-refractivity contribution in [2.45, 2.75) is 45.1 Å². The van der Waals surface area contributed by atoms with Crippen LogP contribution in [0, 0.1) is 0 Å². The predicted octanol–water partition coefficient (Wildman–Crippen LogP) is 5.57. The number of hydrogen-bond donors (Lipinski definition) is 0. The first-order valence-electron chi connectivity index (χ1n) is 7.53. The first-order chi connectivity index (χ1) is 10.2. The number of halogens is 2. The molecule has 0 saturated heterocycles. The highest BCUT2D eigenvalue weighted by Gasteiger charge is 2.15. The summed E-state index contributed by atoms with van der Waals surface area (Å²) in [7, 11) is 0. The molecule has 0 spiro atoms. The van der Waals surface area contributed by atoms with Crippen molar-refractivity contribution in [3.8, 4) is 0 Å². The minimum atomic E-state index is 0.300. The molecular weight excluding hydrogens is 348 g/mol. The molecule has 0 saturated carbocycles. The van der Waals surface area contributed by atoms with Crippen LogP contribution in [0.1, 0.15) is 49.9 Å². The van der Waals surface area contributed by atoms with Gasteiger partial charge in [0.05, 0.1) is 11.7 Å². The lowest BCUT2D eigenvalue weighted by molar-refractivity contribution is 0.424. The predicted molar refractivity (Wildman–Crippen MR) is 93.2 cm³/mol. The number of hydrogen-bond acceptors (Lipinski definition) is 1. The van der Waals surface area contributed by atoms with E-state index in [0.29, 0.717) is 17.8 Å². The summed E-state index contributed by atoms with van der Waals surface area (Å²) in [5.74, 6) is 0.906. The maximum Gasteiger partial charge on any atom is 0.0631 e. The molecular formula is C17H22BrClN2. The van der Waals surface area contributed by atoms with Crippen LogP contribution in [-0.4, -0.2) is 15.7 Å². The fourth-order valence-electron chi connectivity index (χ4n) is 2.63. The lowest BCUT2D eigenvalue weighted by atomic mass is 9.96. The normalized spacial score (nSPS) is 12.8. The first kappa shape index (κ1) is 16.6. The van der Waals surface area contributed by atoms with Gasteiger partial charge in [-0.2, -0.15) is 5.10 Å². The highest BCUT2D eigenvalue weighted by atomic mass is 79.9. The molecule has 0 aliphatic heterocycles. The van der Waals surface area contributed by atoms with Gasteiger partial charge in [0, 0.05) is 22.5 Å². The molecule has 0 aliphatic rings. The summed E-state index contributed by atoms with van der Waals surface area (Å²) in [6.07, 6.45) is 5.21. The van der Waals surface area contributed by atoms with Gasteiger partial charge in [0.1, 0.15) is 0 Å². The summed E-state index contributed by atoms with van der Waals surface area (Å²) in [6, 6.07) is 11.0. The largest absolute Gasteiger partial charge is 0.269 e. The second-order valence-corrected chi connectivity index (χ2v) is 6.59. The Balaban J connectivity index is 2.12. The zero-order valence-corrected chi connectivity index (χ0v) is 14.9. The minimum absolute atomic E-state index is 0.300. The van der Waals surface area contributed by atoms with Gasteiger partial charge in [0.15, 0.2) is 0 Å². The van der Waals surface area contributed by atoms with E-state index in [4.69, 9.17) is 16.7 Å². The topological polar surface area (TPSA) is 17.8 Å². The number of benzene rings is 1. The third-order valence-electron chi connectivity index (χ3n) is 3.94. The summed E-state index contributed by atoms with van der Waals surface area (Å²) < 4.78 is 3.19. The van der Waals surface area contributed by atoms with E-state index >= 15 is 0 Å². The standard InChI is InChI=1S/C17H22BrClN2/c1-3-17(4-2)21-9-8-16(20-21)11-14(12-19)13-6-5-7-15(18)10-13/h5-10,14,17H,3-4,11-12H2,1-2H3. The van der Waals surface area contributed by atoms with Crippen molar-refractivity contribution in [3.05, 3.63) is 52.3 Å². The van der Waals surface area contributed by atoms with Gasteiger partial charge in [-0.1, -0.05) is 41.9 Å². The minimum Gasteiger partial charge on any atom is -0.269 e. The molecule has 1 unspecified atom stereocenters. The molecule has 0 aliphatic carbocycles. The fraction of sp³-hybridized carbons (Fsp3) is 0.471. The highest BCUT2D eigenvalue weighted by Crippen LogP contribution is 2.25. The van der Waals surface area contributed by atoms with E-state index in [2.05, 4.69) is 64.9 Å². The van der Waals surface area contributed by atoms with Gasteiger partial charge in [-0.15, -0.1) is 11.6 Å². The lowest BCUT2D eigenvalue weighted by Crippen LogP contribution is -2.09. The molecule has 114 valence electrons. The van der Waals surface area contributed by atoms with Crippen LogP contribution >= 0.6 is 27.5 Å². The zero-order valence-electron chi connectivity index (χ0n) is 12.6. The van der Waals surface area contributed by atoms with Gasteiger partial charge >= 0.3 is 0 Å². The Hall–Kier alpha value is -0.800. The quantitative estimate of drug-likeness (QED) is 0.583. The van der Waals surface area contributed by atoms with E-state index in [1.807, 2.05) is 6.07 Å². The first-order valence-corrected chi connectivity index (χ1v) is 8.86. The summed E-state index contributed by atoms with van der Waals surface area (Å²) in [4.78, 5) is 0. The van der Waals surface area contributed by atoms with Crippen LogP contribution in [0.3, 0.4) is 0 Å². The van der Waals surface area contributed by atoms with Crippen molar-refractivity contribution in [2.24, 2.45) is 0 Å². The Morgan fingerprint density at radius 2 is 2.00 bits per heavy atom. The smallest absolute Gasteiger partial charge is 0.0631 e. The molecule has 0 fully saturated rings. The fourth-order valence-corrected chi connectivity index (χ4v) is 3.33. The third-order valence-corrected chi connectivity index (χ3v) is 4.81. The molecule has 0 radical (unpaired) electrons. The summed E-state index contributed by atoms with van der Waals surface area (Å²) >= 11 is 9.70. The van der Waals surface area contributed by atoms with Crippen molar-refractivity contribution < 1.29 is 0 Å². The molecule has 0 amide bonds. The Morgan fingerprint density at radius 1 is 1.24 bits per heavy atom. The number of alkyl halides is 1. The SMILES string of the molecule is CCC(CC)n1ccc(CC(CCl)c2cccc(Br)c2)n1. The van der Waals surface area contributed by atoms with Crippen LogP contribution in [0.4, 0.5) is 0 Å². The van der Waals surface area contributed by atoms with Gasteiger partial charge in [0.2, 0.25) is 0 Å².